The lowest BCUT2D eigenvalue weighted by molar-refractivity contribution is -0.870. The monoisotopic (exact) mass is 882 g/mol. The number of ether oxygens (including phenoxy) is 2. The molecule has 2 atom stereocenters. The molecule has 11 heteroatoms. The number of ketones is 1. The molecule has 10 nitrogen and oxygen atoms in total. The van der Waals surface area contributed by atoms with E-state index in [9.17, 15) is 23.8 Å². The van der Waals surface area contributed by atoms with Crippen molar-refractivity contribution in [1.82, 2.24) is 0 Å². The van der Waals surface area contributed by atoms with Gasteiger partial charge in [0.2, 0.25) is 0 Å². The van der Waals surface area contributed by atoms with Crippen molar-refractivity contribution in [2.24, 2.45) is 0 Å². The molecule has 356 valence electrons. The van der Waals surface area contributed by atoms with Crippen molar-refractivity contribution in [2.45, 2.75) is 219 Å². The van der Waals surface area contributed by atoms with Crippen molar-refractivity contribution in [3.8, 4) is 0 Å². The fourth-order valence-electron chi connectivity index (χ4n) is 6.69. The number of rotatable bonds is 45. The highest BCUT2D eigenvalue weighted by molar-refractivity contribution is 7.45. The highest BCUT2D eigenvalue weighted by Gasteiger charge is 2.21. The first-order valence-corrected chi connectivity index (χ1v) is 26.1. The van der Waals surface area contributed by atoms with Crippen LogP contribution in [0.15, 0.2) is 36.5 Å². The van der Waals surface area contributed by atoms with E-state index >= 15 is 0 Å². The van der Waals surface area contributed by atoms with Crippen molar-refractivity contribution in [1.29, 1.82) is 0 Å². The lowest BCUT2D eigenvalue weighted by Crippen LogP contribution is -2.37. The Labute approximate surface area is 374 Å². The van der Waals surface area contributed by atoms with Crippen molar-refractivity contribution >= 4 is 25.5 Å². The average molecular weight is 882 g/mol. The summed E-state index contributed by atoms with van der Waals surface area (Å²) in [5.41, 5.74) is 0. The number of likely N-dealkylation sites (N-methyl/N-ethyl adjacent to an activating group) is 1. The van der Waals surface area contributed by atoms with Crippen LogP contribution in [0.3, 0.4) is 0 Å². The number of carbonyl (C=O) groups excluding carboxylic acids is 3. The molecule has 0 radical (unpaired) electrons. The second-order valence-corrected chi connectivity index (χ2v) is 19.3. The molecule has 61 heavy (non-hydrogen) atoms. The third-order valence-electron chi connectivity index (χ3n) is 10.6. The summed E-state index contributed by atoms with van der Waals surface area (Å²) in [6.45, 7) is 4.05. The Morgan fingerprint density at radius 2 is 0.984 bits per heavy atom. The Kier molecular flexibility index (Phi) is 40.4. The second-order valence-electron chi connectivity index (χ2n) is 17.9. The number of carbonyl (C=O) groups is 3. The zero-order valence-corrected chi connectivity index (χ0v) is 40.8. The Balaban J connectivity index is 4.31. The maximum Gasteiger partial charge on any atom is 0.306 e. The van der Waals surface area contributed by atoms with Gasteiger partial charge in [0.25, 0.3) is 7.82 Å². The molecular formula is C50H92NO9P. The van der Waals surface area contributed by atoms with E-state index in [1.54, 1.807) is 6.08 Å². The topological polar surface area (TPSA) is 128 Å². The van der Waals surface area contributed by atoms with Gasteiger partial charge >= 0.3 is 11.9 Å². The Morgan fingerprint density at radius 3 is 1.52 bits per heavy atom. The first-order valence-electron chi connectivity index (χ1n) is 24.6. The van der Waals surface area contributed by atoms with Gasteiger partial charge in [-0.05, 0) is 63.9 Å². The fraction of sp³-hybridized carbons (Fsp3) is 0.820. The summed E-state index contributed by atoms with van der Waals surface area (Å²) < 4.78 is 33.9. The average Bonchev–Trinajstić information content (AvgIpc) is 3.21. The van der Waals surface area contributed by atoms with E-state index in [-0.39, 0.29) is 31.8 Å². The second kappa shape index (κ2) is 41.9. The van der Waals surface area contributed by atoms with Gasteiger partial charge in [0.05, 0.1) is 27.7 Å². The largest absolute Gasteiger partial charge is 0.756 e. The third-order valence-corrected chi connectivity index (χ3v) is 11.6. The van der Waals surface area contributed by atoms with Crippen LogP contribution in [0.2, 0.25) is 0 Å². The number of phosphoric ester groups is 1. The first kappa shape index (κ1) is 58.9. The Morgan fingerprint density at radius 1 is 0.541 bits per heavy atom. The maximum absolute atomic E-state index is 12.7. The van der Waals surface area contributed by atoms with E-state index in [0.717, 1.165) is 51.4 Å². The summed E-state index contributed by atoms with van der Waals surface area (Å²) in [6.07, 6.45) is 44.2. The van der Waals surface area contributed by atoms with Crippen LogP contribution in [-0.4, -0.2) is 75.8 Å². The number of hydrogen-bond acceptors (Lipinski definition) is 9. The van der Waals surface area contributed by atoms with Gasteiger partial charge in [0.1, 0.15) is 19.8 Å². The maximum atomic E-state index is 12.7. The Hall–Kier alpha value is -2.10. The minimum Gasteiger partial charge on any atom is -0.756 e. The van der Waals surface area contributed by atoms with Gasteiger partial charge in [0.15, 0.2) is 11.9 Å². The molecule has 0 aromatic rings. The molecule has 0 amide bonds. The van der Waals surface area contributed by atoms with Crippen molar-refractivity contribution < 1.29 is 46.8 Å². The van der Waals surface area contributed by atoms with E-state index < -0.39 is 32.5 Å². The molecule has 0 heterocycles. The van der Waals surface area contributed by atoms with E-state index in [4.69, 9.17) is 18.5 Å². The quantitative estimate of drug-likeness (QED) is 0.0112. The molecule has 0 rings (SSSR count). The van der Waals surface area contributed by atoms with Crippen LogP contribution in [0, 0.1) is 0 Å². The van der Waals surface area contributed by atoms with Gasteiger partial charge in [-0.3, -0.25) is 18.9 Å². The van der Waals surface area contributed by atoms with Crippen molar-refractivity contribution in [3.05, 3.63) is 36.5 Å². The standard InChI is InChI=1S/C50H92NO9P/c1-6-8-10-12-14-15-16-17-18-19-20-21-22-23-24-25-26-27-29-33-37-41-49(53)57-45-48(46-59-61(55,56)58-44-43-51(3,4)5)60-50(54)42-38-34-30-32-36-40-47(52)39-35-31-28-13-11-9-7-2/h17-18,28,31,35,39,48H,6-16,19-27,29-30,32-34,36-38,40-46H2,1-5H3/b18-17-,31-28-,39-35+/t48-/m1/s1. The molecule has 0 saturated heterocycles. The van der Waals surface area contributed by atoms with Gasteiger partial charge < -0.3 is 27.9 Å². The van der Waals surface area contributed by atoms with Crippen molar-refractivity contribution in [3.63, 3.8) is 0 Å². The van der Waals surface area contributed by atoms with Gasteiger partial charge in [-0.25, -0.2) is 0 Å². The van der Waals surface area contributed by atoms with Gasteiger partial charge in [0, 0.05) is 19.3 Å². The number of hydrogen-bond donors (Lipinski definition) is 0. The normalized spacial score (nSPS) is 13.7. The highest BCUT2D eigenvalue weighted by atomic mass is 31.2. The van der Waals surface area contributed by atoms with E-state index in [0.29, 0.717) is 30.3 Å². The number of quaternary nitrogens is 1. The van der Waals surface area contributed by atoms with E-state index in [2.05, 4.69) is 32.1 Å². The molecule has 0 aliphatic rings. The summed E-state index contributed by atoms with van der Waals surface area (Å²) in [7, 11) is 1.09. The third kappa shape index (κ3) is 45.7. The van der Waals surface area contributed by atoms with Gasteiger partial charge in [-0.2, -0.15) is 0 Å². The molecule has 0 aromatic heterocycles. The first-order chi connectivity index (χ1) is 29.4. The summed E-state index contributed by atoms with van der Waals surface area (Å²) >= 11 is 0. The minimum atomic E-state index is -4.66. The number of phosphoric acid groups is 1. The van der Waals surface area contributed by atoms with Crippen LogP contribution < -0.4 is 4.89 Å². The molecule has 0 aromatic carbocycles. The fourth-order valence-corrected chi connectivity index (χ4v) is 7.42. The molecule has 0 fully saturated rings. The van der Waals surface area contributed by atoms with Crippen molar-refractivity contribution in [2.75, 3.05) is 47.5 Å². The van der Waals surface area contributed by atoms with Crippen LogP contribution in [0.4, 0.5) is 0 Å². The molecular weight excluding hydrogens is 790 g/mol. The predicted molar refractivity (Wildman–Crippen MR) is 250 cm³/mol. The zero-order valence-electron chi connectivity index (χ0n) is 39.9. The molecule has 0 bridgehead atoms. The Bertz CT molecular complexity index is 1200. The molecule has 1 unspecified atom stereocenters. The van der Waals surface area contributed by atoms with Crippen LogP contribution in [0.1, 0.15) is 213 Å². The molecule has 0 aliphatic heterocycles. The predicted octanol–water partition coefficient (Wildman–Crippen LogP) is 13.0. The molecule has 0 saturated carbocycles. The van der Waals surface area contributed by atoms with Crippen LogP contribution in [0.25, 0.3) is 0 Å². The number of unbranched alkanes of at least 4 members (excludes halogenated alkanes) is 24. The van der Waals surface area contributed by atoms with Gasteiger partial charge in [-0.15, -0.1) is 0 Å². The summed E-state index contributed by atoms with van der Waals surface area (Å²) in [6, 6.07) is 0. The minimum absolute atomic E-state index is 0.0528. The lowest BCUT2D eigenvalue weighted by Gasteiger charge is -2.28. The number of allylic oxidation sites excluding steroid dienone is 6. The van der Waals surface area contributed by atoms with Crippen LogP contribution in [0.5, 0.6) is 0 Å². The summed E-state index contributed by atoms with van der Waals surface area (Å²) in [4.78, 5) is 49.7. The number of nitrogens with zero attached hydrogens (tertiary/aromatic N) is 1. The summed E-state index contributed by atoms with van der Waals surface area (Å²) in [5, 5.41) is 0. The highest BCUT2D eigenvalue weighted by Crippen LogP contribution is 2.38. The summed E-state index contributed by atoms with van der Waals surface area (Å²) in [5.74, 6) is -0.806. The van der Waals surface area contributed by atoms with Crippen LogP contribution in [-0.2, 0) is 37.5 Å². The lowest BCUT2D eigenvalue weighted by atomic mass is 10.0. The van der Waals surface area contributed by atoms with E-state index in [1.807, 2.05) is 33.3 Å². The zero-order chi connectivity index (χ0) is 45.1. The molecule has 0 N–H and O–H groups in total. The van der Waals surface area contributed by atoms with E-state index in [1.165, 1.54) is 116 Å². The number of esters is 2. The molecule has 0 spiro atoms. The SMILES string of the molecule is CCCCC/C=C\C=C\C(=O)CCCCCCCC(=O)O[C@H](COC(=O)CCCCCCCCCCCCC/C=C\CCCCCCCC)COP(=O)([O-])OCC[N+](C)(C)C. The van der Waals surface area contributed by atoms with Crippen LogP contribution >= 0.6 is 7.82 Å². The van der Waals surface area contributed by atoms with Gasteiger partial charge in [-0.1, -0.05) is 166 Å². The molecule has 0 aliphatic carbocycles. The smallest absolute Gasteiger partial charge is 0.306 e.